The maximum Gasteiger partial charge on any atom is 0.368 e. The van der Waals surface area contributed by atoms with Gasteiger partial charge in [-0.15, -0.1) is 58.1 Å². The molecule has 0 amide bonds. The number of rotatable bonds is 29. The molecular weight excluding hydrogens is 2200 g/mol. The van der Waals surface area contributed by atoms with Crippen molar-refractivity contribution >= 4 is 22.6 Å². The third-order valence-electron chi connectivity index (χ3n) is 23.7. The maximum absolute atomic E-state index is 12.4. The van der Waals surface area contributed by atoms with Crippen LogP contribution >= 0.6 is 22.6 Å². The van der Waals surface area contributed by atoms with Crippen LogP contribution in [0.4, 0.5) is 0 Å². The molecule has 0 N–H and O–H groups in total. The second kappa shape index (κ2) is 50.1. The molecular formula is C99H102IN20O10Y5-5. The van der Waals surface area contributed by atoms with Crippen molar-refractivity contribution in [2.45, 2.75) is 187 Å². The van der Waals surface area contributed by atoms with Gasteiger partial charge in [0.25, 0.3) is 0 Å². The summed E-state index contributed by atoms with van der Waals surface area (Å²) in [6, 6.07) is 74.3. The average molecular weight is 2300 g/mol. The zero-order valence-corrected chi connectivity index (χ0v) is 93.7. The number of ether oxygens (including phenoxy) is 5. The fourth-order valence-corrected chi connectivity index (χ4v) is 16.3. The summed E-state index contributed by atoms with van der Waals surface area (Å²) in [7, 11) is 7.95. The third-order valence-corrected chi connectivity index (χ3v) is 24.7. The van der Waals surface area contributed by atoms with E-state index in [-0.39, 0.29) is 192 Å². The van der Waals surface area contributed by atoms with E-state index in [0.29, 0.717) is 79.9 Å². The first-order chi connectivity index (χ1) is 63.2. The molecule has 36 heteroatoms. The number of nitrogens with zero attached hydrogens (tertiary/aromatic N) is 20. The minimum Gasteiger partial charge on any atom is -0.514 e. The Hall–Kier alpha value is -8.20. The Balaban J connectivity index is 0.000000161. The van der Waals surface area contributed by atoms with Crippen LogP contribution in [-0.4, -0.2) is 99.0 Å². The molecule has 0 spiro atoms. The van der Waals surface area contributed by atoms with E-state index >= 15 is 0 Å². The van der Waals surface area contributed by atoms with Crippen molar-refractivity contribution in [1.29, 1.82) is 0 Å². The third kappa shape index (κ3) is 26.3. The average Bonchev–Trinajstić information content (AvgIpc) is 1.55. The van der Waals surface area contributed by atoms with Gasteiger partial charge in [-0.2, -0.15) is 138 Å². The van der Waals surface area contributed by atoms with Crippen LogP contribution in [0.5, 0.6) is 28.7 Å². The van der Waals surface area contributed by atoms with Crippen molar-refractivity contribution in [3.05, 3.63) is 346 Å². The summed E-state index contributed by atoms with van der Waals surface area (Å²) in [5.74, 6) is 7.71. The zero-order chi connectivity index (χ0) is 90.6. The van der Waals surface area contributed by atoms with Gasteiger partial charge >= 0.3 is 28.4 Å². The molecule has 5 aromatic heterocycles. The van der Waals surface area contributed by atoms with Crippen molar-refractivity contribution in [2.75, 3.05) is 0 Å². The van der Waals surface area contributed by atoms with Crippen LogP contribution in [0.2, 0.25) is 0 Å². The van der Waals surface area contributed by atoms with E-state index in [9.17, 15) is 24.0 Å². The van der Waals surface area contributed by atoms with Crippen molar-refractivity contribution in [2.24, 2.45) is 35.2 Å². The van der Waals surface area contributed by atoms with Crippen molar-refractivity contribution in [3.8, 4) is 57.2 Å². The first-order valence-corrected chi connectivity index (χ1v) is 45.1. The first kappa shape index (κ1) is 107. The predicted octanol–water partition coefficient (Wildman–Crippen LogP) is 14.7. The molecule has 0 bridgehead atoms. The van der Waals surface area contributed by atoms with Crippen LogP contribution in [0.15, 0.2) is 206 Å². The van der Waals surface area contributed by atoms with Gasteiger partial charge in [0.1, 0.15) is 33.0 Å². The van der Waals surface area contributed by atoms with Crippen LogP contribution in [0, 0.1) is 40.8 Å². The fourth-order valence-electron chi connectivity index (χ4n) is 15.7. The van der Waals surface area contributed by atoms with Crippen LogP contribution in [0.3, 0.4) is 0 Å². The molecule has 0 atom stereocenters. The van der Waals surface area contributed by atoms with E-state index in [2.05, 4.69) is 151 Å². The van der Waals surface area contributed by atoms with Gasteiger partial charge in [0.2, 0.25) is 0 Å². The van der Waals surface area contributed by atoms with E-state index in [0.717, 1.165) is 113 Å². The van der Waals surface area contributed by atoms with E-state index in [1.807, 2.05) is 171 Å². The summed E-state index contributed by atoms with van der Waals surface area (Å²) in [5.41, 5.74) is 17.5. The monoisotopic (exact) mass is 2300 g/mol. The van der Waals surface area contributed by atoms with E-state index in [1.54, 1.807) is 35.2 Å². The molecule has 0 unspecified atom stereocenters. The molecule has 135 heavy (non-hydrogen) atoms. The molecule has 20 rings (SSSR count). The van der Waals surface area contributed by atoms with Crippen LogP contribution < -0.4 is 52.1 Å². The minimum absolute atomic E-state index is 0. The van der Waals surface area contributed by atoms with Crippen LogP contribution in [0.1, 0.15) is 212 Å². The summed E-state index contributed by atoms with van der Waals surface area (Å²) in [6.45, 7) is 12.4. The van der Waals surface area contributed by atoms with Gasteiger partial charge in [-0.3, -0.25) is 0 Å². The molecule has 0 saturated heterocycles. The standard InChI is InChI=1S/2C21H23N4O2.C20H21N4O2.C19H19N4O2.C18H16IN4O2.5Y/c1-14(2)16-8-6-9-19(25-21(26)24(3)22-23-25)18(16)13-27-20-10-5-4-7-17(20)15-11-12-15;1-3-7-15-8-6-10-19(25-21(26)24(2)22-23-25)18(15)14-27-20-11-5-4-9-17(20)16-12-13-16;1-3-14-7-6-9-18(24-20(25)23(2)21-22-24)17(14)13-26-19-10-5-4-8-16(19)15-11-12-15;1-13-6-5-8-17(23-19(24)22(2)20-21-23)16(13)12-25-18-9-4-3-7-15(18)14-10-11-14;1-22-18(24)23(21-20-22)16-7-4-6-15(19)14(16)11-25-17-8-3-2-5-13(17)12-9-10-12;;;;;/h5-10,14-15H,11-13H2,1-3H3;5-6,8-11,16H,3,7,12-14H2,1-2H3;5-10,15H,3,11-13H2,1-2H3;4-9,14H,10-12H2,1-2H3;3-8,12H,9-11H2,1H3;;;;;/q5*-1;;;;;. The number of hydrogen-bond donors (Lipinski definition) is 0. The van der Waals surface area contributed by atoms with Crippen molar-refractivity contribution in [1.82, 2.24) is 99.0 Å². The summed E-state index contributed by atoms with van der Waals surface area (Å²) < 4.78 is 44.7. The molecule has 15 aromatic rings. The minimum atomic E-state index is -0.281. The van der Waals surface area contributed by atoms with Gasteiger partial charge < -0.3 is 23.7 Å². The van der Waals surface area contributed by atoms with E-state index in [4.69, 9.17) is 23.7 Å². The maximum atomic E-state index is 12.4. The molecule has 5 aliphatic rings. The van der Waals surface area contributed by atoms with Crippen LogP contribution in [-0.2, 0) is 245 Å². The van der Waals surface area contributed by atoms with Gasteiger partial charge in [0, 0.05) is 259 Å². The molecule has 5 radical (unpaired) electrons. The van der Waals surface area contributed by atoms with Gasteiger partial charge in [-0.25, -0.2) is 24.0 Å². The zero-order valence-electron chi connectivity index (χ0n) is 77.3. The topological polar surface area (TPSA) is 310 Å². The predicted molar refractivity (Wildman–Crippen MR) is 496 cm³/mol. The molecule has 30 nitrogen and oxygen atoms in total. The number of benzene rings is 10. The first-order valence-electron chi connectivity index (χ1n) is 44.0. The Kier molecular flexibility index (Phi) is 39.8. The van der Waals surface area contributed by atoms with Gasteiger partial charge in [0.15, 0.2) is 0 Å². The Morgan fingerprint density at radius 3 is 0.889 bits per heavy atom. The number of aryl methyl sites for hydroxylation is 8. The summed E-state index contributed by atoms with van der Waals surface area (Å²) in [4.78, 5) is 61.5. The Labute approximate surface area is 922 Å². The number of hydrogen-bond acceptors (Lipinski definition) is 20. The molecule has 5 aliphatic carbocycles. The quantitative estimate of drug-likeness (QED) is 0.0310. The summed E-state index contributed by atoms with van der Waals surface area (Å²) in [6.07, 6.45) is 14.8. The smallest absolute Gasteiger partial charge is 0.368 e. The van der Waals surface area contributed by atoms with E-state index in [1.165, 1.54) is 144 Å². The molecule has 5 heterocycles. The Morgan fingerprint density at radius 1 is 0.333 bits per heavy atom. The molecule has 685 valence electrons. The Morgan fingerprint density at radius 2 is 0.593 bits per heavy atom. The molecule has 0 aliphatic heterocycles. The van der Waals surface area contributed by atoms with Gasteiger partial charge in [0.05, 0.1) is 28.4 Å². The Bertz CT molecular complexity index is 6700. The number of tetrazole rings is 5. The largest absolute Gasteiger partial charge is 0.514 e. The summed E-state index contributed by atoms with van der Waals surface area (Å²) >= 11 is 2.25. The number of halogens is 1. The summed E-state index contributed by atoms with van der Waals surface area (Å²) in [5, 5.41) is 39.0. The van der Waals surface area contributed by atoms with Crippen molar-refractivity contribution in [3.63, 3.8) is 0 Å². The molecule has 10 aromatic carbocycles. The molecule has 5 saturated carbocycles. The second-order valence-electron chi connectivity index (χ2n) is 33.4. The normalized spacial score (nSPS) is 13.3. The second-order valence-corrected chi connectivity index (χ2v) is 34.5. The molecule has 5 fully saturated rings. The fraction of sp³-hybridized carbons (Fsp3) is 0.343. The SMILES string of the molecule is CC(C)c1cccc(-n2nnn(C)c2=O)c1COc1cc[c-]cc1C1CC1.CCCc1cccc(-n2nnn(C)c2=O)c1COc1cc[c-]cc1C1CC1.CCc1cccc(-n2nnn(C)c2=O)c1COc1cc[c-]cc1C1CC1.Cc1cccc(-n2nnn(C)c2=O)c1COc1cc[c-]cc1C1CC1.Cn1nnn(-c2cccc(I)c2COc2cc[c-]cc2C2CC2)c1=O.[Y].[Y].[Y].[Y].[Y]. The van der Waals surface area contributed by atoms with Crippen LogP contribution in [0.25, 0.3) is 28.4 Å². The van der Waals surface area contributed by atoms with Crippen molar-refractivity contribution < 1.29 is 187 Å². The van der Waals surface area contributed by atoms with Gasteiger partial charge in [-0.1, -0.05) is 183 Å². The van der Waals surface area contributed by atoms with Gasteiger partial charge in [-0.05, 0) is 159 Å². The van der Waals surface area contributed by atoms with E-state index < -0.39 is 0 Å². The number of aromatic nitrogens is 20.